The summed E-state index contributed by atoms with van der Waals surface area (Å²) in [4.78, 5) is 17.9. The third-order valence-electron chi connectivity index (χ3n) is 7.03. The quantitative estimate of drug-likeness (QED) is 0.564. The second kappa shape index (κ2) is 9.86. The molecule has 34 heavy (non-hydrogen) atoms. The van der Waals surface area contributed by atoms with E-state index in [9.17, 15) is 13.2 Å². The van der Waals surface area contributed by atoms with Gasteiger partial charge in [-0.2, -0.15) is 4.31 Å². The summed E-state index contributed by atoms with van der Waals surface area (Å²) >= 11 is 0. The van der Waals surface area contributed by atoms with Crippen molar-refractivity contribution in [3.05, 3.63) is 78.4 Å². The van der Waals surface area contributed by atoms with Crippen molar-refractivity contribution < 1.29 is 13.2 Å². The number of sulfonamides is 1. The van der Waals surface area contributed by atoms with Crippen molar-refractivity contribution in [1.82, 2.24) is 14.1 Å². The van der Waals surface area contributed by atoms with Crippen LogP contribution in [0, 0.1) is 5.92 Å². The molecule has 0 aromatic heterocycles. The summed E-state index contributed by atoms with van der Waals surface area (Å²) in [5.74, 6) is -0.178. The number of hydrogen-bond donors (Lipinski definition) is 0. The van der Waals surface area contributed by atoms with E-state index in [-0.39, 0.29) is 18.4 Å². The Morgan fingerprint density at radius 3 is 2.29 bits per heavy atom. The molecule has 0 unspecified atom stereocenters. The van der Waals surface area contributed by atoms with Gasteiger partial charge in [-0.3, -0.25) is 9.69 Å². The maximum absolute atomic E-state index is 13.4. The van der Waals surface area contributed by atoms with E-state index < -0.39 is 10.0 Å². The minimum absolute atomic E-state index is 0.0952. The highest BCUT2D eigenvalue weighted by molar-refractivity contribution is 7.89. The lowest BCUT2D eigenvalue weighted by Crippen LogP contribution is -2.52. The van der Waals surface area contributed by atoms with Crippen LogP contribution < -0.4 is 0 Å². The minimum Gasteiger partial charge on any atom is -0.340 e. The van der Waals surface area contributed by atoms with E-state index in [1.165, 1.54) is 9.87 Å². The van der Waals surface area contributed by atoms with Gasteiger partial charge in [0, 0.05) is 45.8 Å². The maximum atomic E-state index is 13.4. The summed E-state index contributed by atoms with van der Waals surface area (Å²) in [6.07, 6.45) is 1.45. The highest BCUT2D eigenvalue weighted by Crippen LogP contribution is 2.27. The molecule has 0 spiro atoms. The topological polar surface area (TPSA) is 60.9 Å². The standard InChI is InChI=1S/C27H31N3O3S/c31-27(29-17-15-28(16-18-29)20-22-7-2-1-3-8-22)25-11-6-14-30(21-25)34(32,33)26-13-12-23-9-4-5-10-24(23)19-26/h1-5,7-10,12-13,19,25H,6,11,14-18,20-21H2/t25-/m1/s1. The molecule has 2 aliphatic rings. The Balaban J connectivity index is 1.22. The molecule has 0 radical (unpaired) electrons. The van der Waals surface area contributed by atoms with Crippen LogP contribution in [0.3, 0.4) is 0 Å². The van der Waals surface area contributed by atoms with E-state index in [1.54, 1.807) is 12.1 Å². The first-order chi connectivity index (χ1) is 16.5. The van der Waals surface area contributed by atoms with Crippen LogP contribution in [0.4, 0.5) is 0 Å². The molecule has 0 bridgehead atoms. The molecule has 6 nitrogen and oxygen atoms in total. The lowest BCUT2D eigenvalue weighted by Gasteiger charge is -2.38. The van der Waals surface area contributed by atoms with E-state index in [4.69, 9.17) is 0 Å². The number of nitrogens with zero attached hydrogens (tertiary/aromatic N) is 3. The fourth-order valence-corrected chi connectivity index (χ4v) is 6.63. The monoisotopic (exact) mass is 477 g/mol. The summed E-state index contributed by atoms with van der Waals surface area (Å²) < 4.78 is 28.3. The van der Waals surface area contributed by atoms with Crippen molar-refractivity contribution in [2.75, 3.05) is 39.3 Å². The third kappa shape index (κ3) is 4.87. The molecule has 1 atom stereocenters. The number of hydrogen-bond acceptors (Lipinski definition) is 4. The van der Waals surface area contributed by atoms with Gasteiger partial charge in [0.25, 0.3) is 0 Å². The van der Waals surface area contributed by atoms with E-state index in [2.05, 4.69) is 29.2 Å². The summed E-state index contributed by atoms with van der Waals surface area (Å²) in [5, 5.41) is 1.92. The fourth-order valence-electron chi connectivity index (χ4n) is 5.07. The highest BCUT2D eigenvalue weighted by atomic mass is 32.2. The van der Waals surface area contributed by atoms with Crippen LogP contribution in [0.1, 0.15) is 18.4 Å². The van der Waals surface area contributed by atoms with Gasteiger partial charge in [-0.1, -0.05) is 60.7 Å². The second-order valence-electron chi connectivity index (χ2n) is 9.30. The zero-order valence-corrected chi connectivity index (χ0v) is 20.2. The Kier molecular flexibility index (Phi) is 6.68. The van der Waals surface area contributed by atoms with Crippen LogP contribution >= 0.6 is 0 Å². The first kappa shape index (κ1) is 23.0. The molecule has 2 aliphatic heterocycles. The molecule has 2 heterocycles. The van der Waals surface area contributed by atoms with Gasteiger partial charge in [-0.25, -0.2) is 8.42 Å². The summed E-state index contributed by atoms with van der Waals surface area (Å²) in [6, 6.07) is 23.4. The van der Waals surface area contributed by atoms with Crippen molar-refractivity contribution >= 4 is 26.7 Å². The predicted molar refractivity (Wildman–Crippen MR) is 134 cm³/mol. The number of benzene rings is 3. The summed E-state index contributed by atoms with van der Waals surface area (Å²) in [6.45, 7) is 4.68. The van der Waals surface area contributed by atoms with Crippen molar-refractivity contribution in [2.45, 2.75) is 24.3 Å². The first-order valence-corrected chi connectivity index (χ1v) is 13.5. The van der Waals surface area contributed by atoms with Crippen molar-refractivity contribution in [2.24, 2.45) is 5.92 Å². The molecule has 5 rings (SSSR count). The molecule has 3 aromatic carbocycles. The van der Waals surface area contributed by atoms with Crippen molar-refractivity contribution in [3.63, 3.8) is 0 Å². The third-order valence-corrected chi connectivity index (χ3v) is 8.89. The van der Waals surface area contributed by atoms with Gasteiger partial charge in [-0.15, -0.1) is 0 Å². The predicted octanol–water partition coefficient (Wildman–Crippen LogP) is 3.58. The second-order valence-corrected chi connectivity index (χ2v) is 11.2. The molecular formula is C27H31N3O3S. The van der Waals surface area contributed by atoms with Gasteiger partial charge in [-0.05, 0) is 41.3 Å². The highest BCUT2D eigenvalue weighted by Gasteiger charge is 2.36. The lowest BCUT2D eigenvalue weighted by molar-refractivity contribution is -0.138. The van der Waals surface area contributed by atoms with Gasteiger partial charge in [0.2, 0.25) is 15.9 Å². The summed E-state index contributed by atoms with van der Waals surface area (Å²) in [7, 11) is -3.64. The molecule has 3 aromatic rings. The molecule has 1 amide bonds. The zero-order valence-electron chi connectivity index (χ0n) is 19.3. The fraction of sp³-hybridized carbons (Fsp3) is 0.370. The lowest BCUT2D eigenvalue weighted by atomic mass is 9.97. The summed E-state index contributed by atoms with van der Waals surface area (Å²) in [5.41, 5.74) is 1.28. The largest absolute Gasteiger partial charge is 0.340 e. The SMILES string of the molecule is O=C([C@@H]1CCCN(S(=O)(=O)c2ccc3ccccc3c2)C1)N1CCN(Cc2ccccc2)CC1. The average molecular weight is 478 g/mol. The molecule has 0 N–H and O–H groups in total. The number of rotatable bonds is 5. The Morgan fingerprint density at radius 1 is 0.824 bits per heavy atom. The number of piperidine rings is 1. The average Bonchev–Trinajstić information content (AvgIpc) is 2.89. The van der Waals surface area contributed by atoms with Gasteiger partial charge in [0.05, 0.1) is 10.8 Å². The molecule has 2 fully saturated rings. The Labute approximate surface area is 201 Å². The van der Waals surface area contributed by atoms with E-state index in [0.717, 1.165) is 36.8 Å². The number of fused-ring (bicyclic) bond motifs is 1. The molecule has 178 valence electrons. The van der Waals surface area contributed by atoms with E-state index in [0.29, 0.717) is 31.0 Å². The number of piperazine rings is 1. The normalized spacial score (nSPS) is 20.5. The molecule has 7 heteroatoms. The smallest absolute Gasteiger partial charge is 0.243 e. The van der Waals surface area contributed by atoms with Crippen LogP contribution in [-0.2, 0) is 21.4 Å². The van der Waals surface area contributed by atoms with Gasteiger partial charge >= 0.3 is 0 Å². The Morgan fingerprint density at radius 2 is 1.53 bits per heavy atom. The van der Waals surface area contributed by atoms with Gasteiger partial charge < -0.3 is 4.90 Å². The van der Waals surface area contributed by atoms with Crippen molar-refractivity contribution in [1.29, 1.82) is 0 Å². The van der Waals surface area contributed by atoms with Crippen LogP contribution in [0.5, 0.6) is 0 Å². The van der Waals surface area contributed by atoms with Gasteiger partial charge in [0.1, 0.15) is 0 Å². The zero-order chi connectivity index (χ0) is 23.5. The van der Waals surface area contributed by atoms with E-state index in [1.807, 2.05) is 41.3 Å². The van der Waals surface area contributed by atoms with Crippen LogP contribution in [0.2, 0.25) is 0 Å². The molecular weight excluding hydrogens is 446 g/mol. The van der Waals surface area contributed by atoms with Crippen molar-refractivity contribution in [3.8, 4) is 0 Å². The van der Waals surface area contributed by atoms with E-state index >= 15 is 0 Å². The molecule has 0 aliphatic carbocycles. The van der Waals surface area contributed by atoms with Crippen LogP contribution in [-0.4, -0.2) is 67.7 Å². The maximum Gasteiger partial charge on any atom is 0.243 e. The van der Waals surface area contributed by atoms with Crippen LogP contribution in [0.25, 0.3) is 10.8 Å². The minimum atomic E-state index is -3.64. The van der Waals surface area contributed by atoms with Crippen LogP contribution in [0.15, 0.2) is 77.7 Å². The Bertz CT molecular complexity index is 1250. The number of carbonyl (C=O) groups excluding carboxylic acids is 1. The molecule has 0 saturated carbocycles. The number of carbonyl (C=O) groups is 1. The first-order valence-electron chi connectivity index (χ1n) is 12.0. The number of amides is 1. The van der Waals surface area contributed by atoms with Gasteiger partial charge in [0.15, 0.2) is 0 Å². The molecule has 2 saturated heterocycles. The Hall–Kier alpha value is -2.74.